The van der Waals surface area contributed by atoms with Crippen LogP contribution in [0.25, 0.3) is 0 Å². The van der Waals surface area contributed by atoms with Gasteiger partial charge in [-0.3, -0.25) is 0 Å². The first-order valence-corrected chi connectivity index (χ1v) is 8.65. The van der Waals surface area contributed by atoms with Gasteiger partial charge in [0.1, 0.15) is 8.07 Å². The highest BCUT2D eigenvalue weighted by atomic mass is 28.3. The van der Waals surface area contributed by atoms with Gasteiger partial charge in [-0.2, -0.15) is 0 Å². The smallest absolute Gasteiger partial charge is 0.132 e. The first-order chi connectivity index (χ1) is 7.65. The second-order valence-corrected chi connectivity index (χ2v) is 9.36. The Morgan fingerprint density at radius 3 is 2.38 bits per heavy atom. The second-order valence-electron chi connectivity index (χ2n) is 4.23. The Morgan fingerprint density at radius 2 is 1.94 bits per heavy atom. The van der Waals surface area contributed by atoms with Crippen molar-refractivity contribution in [3.8, 4) is 0 Å². The van der Waals surface area contributed by atoms with Gasteiger partial charge < -0.3 is 9.52 Å². The minimum Gasteiger partial charge on any atom is -0.474 e. The zero-order valence-electron chi connectivity index (χ0n) is 10.5. The predicted molar refractivity (Wildman–Crippen MR) is 70.7 cm³/mol. The van der Waals surface area contributed by atoms with E-state index in [0.717, 1.165) is 29.1 Å². The Balaban J connectivity index is 3.20. The minimum absolute atomic E-state index is 0.592. The molecule has 0 aliphatic rings. The van der Waals surface area contributed by atoms with Crippen LogP contribution in [0.3, 0.4) is 0 Å². The van der Waals surface area contributed by atoms with E-state index in [-0.39, 0.29) is 0 Å². The molecule has 0 spiro atoms. The lowest BCUT2D eigenvalue weighted by atomic mass is 10.2. The van der Waals surface area contributed by atoms with E-state index in [1.165, 1.54) is 0 Å². The highest BCUT2D eigenvalue weighted by Crippen LogP contribution is 2.25. The Morgan fingerprint density at radius 1 is 1.38 bits per heavy atom. The molecule has 90 valence electrons. The van der Waals surface area contributed by atoms with Gasteiger partial charge in [-0.1, -0.05) is 45.0 Å². The molecule has 0 saturated carbocycles. The highest BCUT2D eigenvalue weighted by Gasteiger charge is 2.35. The molecule has 1 atom stereocenters. The zero-order valence-corrected chi connectivity index (χ0v) is 11.5. The fourth-order valence-corrected chi connectivity index (χ4v) is 5.97. The van der Waals surface area contributed by atoms with Crippen LogP contribution in [0.1, 0.15) is 32.4 Å². The molecule has 1 rings (SSSR count). The van der Waals surface area contributed by atoms with Crippen molar-refractivity contribution in [2.45, 2.75) is 45.0 Å². The van der Waals surface area contributed by atoms with Crippen molar-refractivity contribution < 1.29 is 9.52 Å². The van der Waals surface area contributed by atoms with Crippen LogP contribution < -0.4 is 5.38 Å². The van der Waals surface area contributed by atoms with Crippen LogP contribution in [-0.4, -0.2) is 13.2 Å². The van der Waals surface area contributed by atoms with Gasteiger partial charge >= 0.3 is 0 Å². The van der Waals surface area contributed by atoms with Gasteiger partial charge in [-0.05, 0) is 6.07 Å². The van der Waals surface area contributed by atoms with Gasteiger partial charge in [0.05, 0.1) is 17.8 Å². The van der Waals surface area contributed by atoms with E-state index >= 15 is 0 Å². The number of aliphatic hydroxyl groups is 1. The average molecular weight is 238 g/mol. The Bertz CT molecular complexity index is 331. The van der Waals surface area contributed by atoms with E-state index in [1.807, 2.05) is 6.07 Å². The summed E-state index contributed by atoms with van der Waals surface area (Å²) in [5, 5.41) is 11.0. The monoisotopic (exact) mass is 238 g/mol. The van der Waals surface area contributed by atoms with Crippen LogP contribution in [0.2, 0.25) is 18.1 Å². The molecule has 1 heterocycles. The Hall–Kier alpha value is -0.803. The Kier molecular flexibility index (Phi) is 4.56. The molecule has 0 amide bonds. The molecule has 16 heavy (non-hydrogen) atoms. The molecule has 0 aliphatic heterocycles. The summed E-state index contributed by atoms with van der Waals surface area (Å²) in [6.07, 6.45) is 2.67. The lowest BCUT2D eigenvalue weighted by molar-refractivity contribution is 0.229. The number of rotatable bonds is 6. The van der Waals surface area contributed by atoms with Crippen molar-refractivity contribution >= 4 is 13.5 Å². The quantitative estimate of drug-likeness (QED) is 0.610. The standard InChI is InChI=1S/C13H22O2Si/c1-5-12(14)11-9-10-15-13(11)16(6-2,7-3)8-4/h5,9-10,12,14H,1,6-8H2,2-4H3. The van der Waals surface area contributed by atoms with Crippen LogP contribution in [0.5, 0.6) is 0 Å². The third-order valence-electron chi connectivity index (χ3n) is 3.75. The molecule has 0 saturated heterocycles. The molecule has 0 bridgehead atoms. The van der Waals surface area contributed by atoms with Crippen LogP contribution in [0.15, 0.2) is 29.4 Å². The molecule has 0 aliphatic carbocycles. The van der Waals surface area contributed by atoms with E-state index in [2.05, 4.69) is 27.4 Å². The van der Waals surface area contributed by atoms with Crippen LogP contribution in [0, 0.1) is 0 Å². The fraction of sp³-hybridized carbons (Fsp3) is 0.538. The summed E-state index contributed by atoms with van der Waals surface area (Å²) >= 11 is 0. The number of hydrogen-bond donors (Lipinski definition) is 1. The van der Waals surface area contributed by atoms with Crippen LogP contribution >= 0.6 is 0 Å². The summed E-state index contributed by atoms with van der Waals surface area (Å²) in [7, 11) is -1.54. The van der Waals surface area contributed by atoms with Crippen molar-refractivity contribution in [1.82, 2.24) is 0 Å². The summed E-state index contributed by atoms with van der Waals surface area (Å²) in [6.45, 7) is 10.3. The number of hydrogen-bond acceptors (Lipinski definition) is 2. The third kappa shape index (κ3) is 2.15. The summed E-state index contributed by atoms with van der Waals surface area (Å²) < 4.78 is 5.68. The predicted octanol–water partition coefficient (Wildman–Crippen LogP) is 3.21. The molecule has 1 aromatic rings. The fourth-order valence-electron chi connectivity index (χ4n) is 2.34. The SMILES string of the molecule is C=CC(O)c1ccoc1[Si](CC)(CC)CC. The maximum Gasteiger partial charge on any atom is 0.132 e. The van der Waals surface area contributed by atoms with E-state index < -0.39 is 14.2 Å². The van der Waals surface area contributed by atoms with Crippen LogP contribution in [-0.2, 0) is 0 Å². The van der Waals surface area contributed by atoms with Crippen molar-refractivity contribution in [2.75, 3.05) is 0 Å². The van der Waals surface area contributed by atoms with Gasteiger partial charge in [0.15, 0.2) is 0 Å². The van der Waals surface area contributed by atoms with Gasteiger partial charge in [0.25, 0.3) is 0 Å². The number of furan rings is 1. The Labute approximate surface area is 99.0 Å². The van der Waals surface area contributed by atoms with Crippen molar-refractivity contribution in [3.05, 3.63) is 30.5 Å². The first kappa shape index (κ1) is 13.3. The zero-order chi connectivity index (χ0) is 12.2. The van der Waals surface area contributed by atoms with E-state index in [9.17, 15) is 5.11 Å². The minimum atomic E-state index is -1.54. The summed E-state index contributed by atoms with van der Waals surface area (Å²) in [5.74, 6) is 0. The molecule has 0 aromatic carbocycles. The molecular formula is C13H22O2Si. The molecule has 0 radical (unpaired) electrons. The topological polar surface area (TPSA) is 33.4 Å². The molecule has 3 heteroatoms. The molecule has 2 nitrogen and oxygen atoms in total. The largest absolute Gasteiger partial charge is 0.474 e. The van der Waals surface area contributed by atoms with E-state index in [1.54, 1.807) is 12.3 Å². The lowest BCUT2D eigenvalue weighted by Crippen LogP contribution is -2.47. The van der Waals surface area contributed by atoms with Gasteiger partial charge in [-0.25, -0.2) is 0 Å². The molecule has 1 aromatic heterocycles. The maximum atomic E-state index is 9.89. The van der Waals surface area contributed by atoms with E-state index in [0.29, 0.717) is 0 Å². The molecule has 1 N–H and O–H groups in total. The van der Waals surface area contributed by atoms with E-state index in [4.69, 9.17) is 4.42 Å². The molecule has 1 unspecified atom stereocenters. The first-order valence-electron chi connectivity index (χ1n) is 6.03. The molecular weight excluding hydrogens is 216 g/mol. The average Bonchev–Trinajstić information content (AvgIpc) is 2.81. The second kappa shape index (κ2) is 5.50. The van der Waals surface area contributed by atoms with Gasteiger partial charge in [0.2, 0.25) is 0 Å². The number of aliphatic hydroxyl groups excluding tert-OH is 1. The van der Waals surface area contributed by atoms with Crippen LogP contribution in [0.4, 0.5) is 0 Å². The van der Waals surface area contributed by atoms with Crippen molar-refractivity contribution in [2.24, 2.45) is 0 Å². The lowest BCUT2D eigenvalue weighted by Gasteiger charge is -2.27. The van der Waals surface area contributed by atoms with Crippen molar-refractivity contribution in [3.63, 3.8) is 0 Å². The summed E-state index contributed by atoms with van der Waals surface area (Å²) in [6, 6.07) is 5.35. The summed E-state index contributed by atoms with van der Waals surface area (Å²) in [4.78, 5) is 0. The molecule has 0 fully saturated rings. The van der Waals surface area contributed by atoms with Gasteiger partial charge in [-0.15, -0.1) is 6.58 Å². The third-order valence-corrected chi connectivity index (χ3v) is 9.18. The highest BCUT2D eigenvalue weighted by molar-refractivity contribution is 6.91. The summed E-state index contributed by atoms with van der Waals surface area (Å²) in [5.41, 5.74) is 0.923. The normalized spacial score (nSPS) is 13.8. The van der Waals surface area contributed by atoms with Gasteiger partial charge in [0, 0.05) is 5.56 Å². The van der Waals surface area contributed by atoms with Crippen molar-refractivity contribution in [1.29, 1.82) is 0 Å². The maximum absolute atomic E-state index is 9.89.